The molecule has 0 fully saturated rings. The molecule has 0 saturated heterocycles. The lowest BCUT2D eigenvalue weighted by Gasteiger charge is -2.10. The van der Waals surface area contributed by atoms with Crippen LogP contribution in [0.15, 0.2) is 24.3 Å². The lowest BCUT2D eigenvalue weighted by atomic mass is 10.0. The number of benzene rings is 1. The molecule has 20 heavy (non-hydrogen) atoms. The highest BCUT2D eigenvalue weighted by Gasteiger charge is 2.07. The fourth-order valence-electron chi connectivity index (χ4n) is 1.88. The fraction of sp³-hybridized carbons (Fsp3) is 0.500. The minimum Gasteiger partial charge on any atom is -0.481 e. The number of carboxylic acid groups (broad SMARTS) is 1. The molecule has 1 aromatic carbocycles. The van der Waals surface area contributed by atoms with E-state index in [4.69, 9.17) is 5.11 Å². The summed E-state index contributed by atoms with van der Waals surface area (Å²) in [6, 6.07) is 6.54. The van der Waals surface area contributed by atoms with Crippen molar-refractivity contribution >= 4 is 11.7 Å². The van der Waals surface area contributed by atoms with Crippen LogP contribution in [0.4, 0.5) is 5.69 Å². The summed E-state index contributed by atoms with van der Waals surface area (Å²) in [6.45, 7) is 3.37. The first-order valence-corrected chi connectivity index (χ1v) is 6.65. The third-order valence-electron chi connectivity index (χ3n) is 3.12. The summed E-state index contributed by atoms with van der Waals surface area (Å²) in [5.41, 5.74) is 0.969. The van der Waals surface area contributed by atoms with Gasteiger partial charge in [0.05, 0.1) is 4.92 Å². The van der Waals surface area contributed by atoms with Crippen molar-refractivity contribution in [3.63, 3.8) is 0 Å². The summed E-state index contributed by atoms with van der Waals surface area (Å²) in [5.74, 6) is -0.412. The molecule has 1 atom stereocenters. The van der Waals surface area contributed by atoms with Crippen LogP contribution < -0.4 is 5.32 Å². The zero-order valence-electron chi connectivity index (χ0n) is 11.5. The van der Waals surface area contributed by atoms with E-state index in [2.05, 4.69) is 5.32 Å². The van der Waals surface area contributed by atoms with Gasteiger partial charge in [-0.2, -0.15) is 0 Å². The number of nitro benzene ring substituents is 1. The van der Waals surface area contributed by atoms with Gasteiger partial charge in [-0.25, -0.2) is 0 Å². The molecule has 0 bridgehead atoms. The first-order chi connectivity index (χ1) is 9.49. The largest absolute Gasteiger partial charge is 0.481 e. The number of carboxylic acids is 1. The molecule has 0 amide bonds. The molecule has 6 nitrogen and oxygen atoms in total. The number of rotatable bonds is 9. The Balaban J connectivity index is 2.25. The van der Waals surface area contributed by atoms with Crippen molar-refractivity contribution in [1.29, 1.82) is 0 Å². The molecular formula is C14H20N2O4. The van der Waals surface area contributed by atoms with E-state index in [1.54, 1.807) is 12.1 Å². The lowest BCUT2D eigenvalue weighted by Crippen LogP contribution is -2.17. The summed E-state index contributed by atoms with van der Waals surface area (Å²) >= 11 is 0. The van der Waals surface area contributed by atoms with Crippen molar-refractivity contribution in [1.82, 2.24) is 5.32 Å². The van der Waals surface area contributed by atoms with Crippen LogP contribution in [0.25, 0.3) is 0 Å². The minimum absolute atomic E-state index is 0.0964. The summed E-state index contributed by atoms with van der Waals surface area (Å²) in [6.07, 6.45) is 1.77. The molecule has 0 saturated carbocycles. The Hall–Kier alpha value is -1.95. The Morgan fingerprint density at radius 2 is 2.20 bits per heavy atom. The van der Waals surface area contributed by atoms with Crippen LogP contribution in [0, 0.1) is 16.0 Å². The molecule has 0 radical (unpaired) electrons. The first kappa shape index (κ1) is 16.1. The van der Waals surface area contributed by atoms with Crippen LogP contribution in [0.5, 0.6) is 0 Å². The van der Waals surface area contributed by atoms with Gasteiger partial charge in [0.2, 0.25) is 0 Å². The molecule has 0 spiro atoms. The molecule has 1 aromatic rings. The zero-order chi connectivity index (χ0) is 15.0. The van der Waals surface area contributed by atoms with Gasteiger partial charge in [0.15, 0.2) is 0 Å². The molecule has 1 rings (SSSR count). The number of nitro groups is 1. The van der Waals surface area contributed by atoms with Crippen molar-refractivity contribution in [2.24, 2.45) is 5.92 Å². The van der Waals surface area contributed by atoms with Gasteiger partial charge in [0.25, 0.3) is 5.69 Å². The molecule has 0 aliphatic carbocycles. The molecule has 110 valence electrons. The SMILES string of the molecule is CC(CCNCc1cccc([N+](=O)[O-])c1)CCC(=O)O. The van der Waals surface area contributed by atoms with E-state index in [1.807, 2.05) is 13.0 Å². The van der Waals surface area contributed by atoms with Crippen molar-refractivity contribution in [2.45, 2.75) is 32.7 Å². The van der Waals surface area contributed by atoms with Crippen molar-refractivity contribution in [2.75, 3.05) is 6.54 Å². The van der Waals surface area contributed by atoms with E-state index in [0.29, 0.717) is 18.9 Å². The zero-order valence-corrected chi connectivity index (χ0v) is 11.5. The second kappa shape index (κ2) is 8.27. The molecule has 6 heteroatoms. The monoisotopic (exact) mass is 280 g/mol. The van der Waals surface area contributed by atoms with Crippen molar-refractivity contribution in [3.05, 3.63) is 39.9 Å². The first-order valence-electron chi connectivity index (χ1n) is 6.65. The number of aliphatic carboxylic acids is 1. The van der Waals surface area contributed by atoms with E-state index in [1.165, 1.54) is 6.07 Å². The average Bonchev–Trinajstić information content (AvgIpc) is 2.41. The Labute approximate surface area is 118 Å². The van der Waals surface area contributed by atoms with Gasteiger partial charge in [-0.1, -0.05) is 19.1 Å². The lowest BCUT2D eigenvalue weighted by molar-refractivity contribution is -0.384. The van der Waals surface area contributed by atoms with Gasteiger partial charge in [-0.05, 0) is 30.9 Å². The van der Waals surface area contributed by atoms with Crippen molar-refractivity contribution in [3.8, 4) is 0 Å². The number of hydrogen-bond acceptors (Lipinski definition) is 4. The maximum absolute atomic E-state index is 10.6. The van der Waals surface area contributed by atoms with Crippen LogP contribution in [0.1, 0.15) is 31.7 Å². The summed E-state index contributed by atoms with van der Waals surface area (Å²) in [4.78, 5) is 20.7. The van der Waals surface area contributed by atoms with Crippen molar-refractivity contribution < 1.29 is 14.8 Å². The second-order valence-corrected chi connectivity index (χ2v) is 4.93. The summed E-state index contributed by atoms with van der Waals surface area (Å²) in [5, 5.41) is 22.4. The highest BCUT2D eigenvalue weighted by Crippen LogP contribution is 2.13. The predicted octanol–water partition coefficient (Wildman–Crippen LogP) is 2.58. The second-order valence-electron chi connectivity index (χ2n) is 4.93. The molecule has 0 heterocycles. The molecular weight excluding hydrogens is 260 g/mol. The molecule has 1 unspecified atom stereocenters. The van der Waals surface area contributed by atoms with Gasteiger partial charge in [0.1, 0.15) is 0 Å². The number of non-ortho nitro benzene ring substituents is 1. The summed E-state index contributed by atoms with van der Waals surface area (Å²) < 4.78 is 0. The third kappa shape index (κ3) is 6.29. The van der Waals surface area contributed by atoms with Crippen LogP contribution in [0.2, 0.25) is 0 Å². The maximum atomic E-state index is 10.6. The average molecular weight is 280 g/mol. The van der Waals surface area contributed by atoms with Gasteiger partial charge >= 0.3 is 5.97 Å². The maximum Gasteiger partial charge on any atom is 0.303 e. The highest BCUT2D eigenvalue weighted by molar-refractivity contribution is 5.66. The van der Waals surface area contributed by atoms with Gasteiger partial charge in [-0.15, -0.1) is 0 Å². The molecule has 0 aliphatic rings. The number of nitrogens with one attached hydrogen (secondary N) is 1. The highest BCUT2D eigenvalue weighted by atomic mass is 16.6. The van der Waals surface area contributed by atoms with Crippen LogP contribution in [0.3, 0.4) is 0 Å². The fourth-order valence-corrected chi connectivity index (χ4v) is 1.88. The summed E-state index contributed by atoms with van der Waals surface area (Å²) in [7, 11) is 0. The van der Waals surface area contributed by atoms with Gasteiger partial charge in [-0.3, -0.25) is 14.9 Å². The van der Waals surface area contributed by atoms with Crippen LogP contribution >= 0.6 is 0 Å². The Kier molecular flexibility index (Phi) is 6.66. The van der Waals surface area contributed by atoms with Crippen LogP contribution in [-0.4, -0.2) is 22.5 Å². The topological polar surface area (TPSA) is 92.5 Å². The smallest absolute Gasteiger partial charge is 0.303 e. The van der Waals surface area contributed by atoms with Gasteiger partial charge in [0, 0.05) is 25.1 Å². The predicted molar refractivity (Wildman–Crippen MR) is 75.5 cm³/mol. The standard InChI is InChI=1S/C14H20N2O4/c1-11(5-6-14(17)18)7-8-15-10-12-3-2-4-13(9-12)16(19)20/h2-4,9,11,15H,5-8,10H2,1H3,(H,17,18). The Bertz CT molecular complexity index is 462. The molecule has 2 N–H and O–H groups in total. The normalized spacial score (nSPS) is 12.1. The van der Waals surface area contributed by atoms with E-state index in [-0.39, 0.29) is 12.1 Å². The van der Waals surface area contributed by atoms with E-state index >= 15 is 0 Å². The van der Waals surface area contributed by atoms with E-state index in [9.17, 15) is 14.9 Å². The number of carbonyl (C=O) groups is 1. The minimum atomic E-state index is -0.763. The van der Waals surface area contributed by atoms with Gasteiger partial charge < -0.3 is 10.4 Å². The number of nitrogens with zero attached hydrogens (tertiary/aromatic N) is 1. The Morgan fingerprint density at radius 3 is 2.85 bits per heavy atom. The van der Waals surface area contributed by atoms with E-state index in [0.717, 1.165) is 18.5 Å². The molecule has 0 aliphatic heterocycles. The van der Waals surface area contributed by atoms with Crippen LogP contribution in [-0.2, 0) is 11.3 Å². The number of hydrogen-bond donors (Lipinski definition) is 2. The molecule has 0 aromatic heterocycles. The Morgan fingerprint density at radius 1 is 1.45 bits per heavy atom. The third-order valence-corrected chi connectivity index (χ3v) is 3.12. The van der Waals surface area contributed by atoms with E-state index < -0.39 is 10.9 Å². The quantitative estimate of drug-likeness (QED) is 0.412.